The summed E-state index contributed by atoms with van der Waals surface area (Å²) >= 11 is 5.22. The summed E-state index contributed by atoms with van der Waals surface area (Å²) in [4.78, 5) is 1.38. The Morgan fingerprint density at radius 3 is 2.92 bits per heavy atom. The lowest BCUT2D eigenvalue weighted by atomic mass is 10.2. The molecule has 0 spiro atoms. The summed E-state index contributed by atoms with van der Waals surface area (Å²) in [7, 11) is 3.70. The number of hydrogen-bond acceptors (Lipinski definition) is 3. The van der Waals surface area contributed by atoms with Gasteiger partial charge in [-0.2, -0.15) is 0 Å². The molecule has 0 saturated heterocycles. The fourth-order valence-corrected chi connectivity index (χ4v) is 2.68. The zero-order valence-corrected chi connectivity index (χ0v) is 10.2. The number of nitrogens with one attached hydrogen (secondary N) is 1. The van der Waals surface area contributed by atoms with Gasteiger partial charge in [0.25, 0.3) is 0 Å². The van der Waals surface area contributed by atoms with Crippen LogP contribution in [0, 0.1) is 0 Å². The molecule has 1 aromatic rings. The second-order valence-corrected chi connectivity index (χ2v) is 4.79. The Bertz CT molecular complexity index is 252. The highest BCUT2D eigenvalue weighted by atomic mass is 79.9. The Morgan fingerprint density at radius 1 is 1.69 bits per heavy atom. The van der Waals surface area contributed by atoms with E-state index in [9.17, 15) is 0 Å². The van der Waals surface area contributed by atoms with Gasteiger partial charge in [-0.1, -0.05) is 0 Å². The van der Waals surface area contributed by atoms with Gasteiger partial charge >= 0.3 is 0 Å². The number of thiophene rings is 1. The van der Waals surface area contributed by atoms with Gasteiger partial charge < -0.3 is 10.1 Å². The summed E-state index contributed by atoms with van der Waals surface area (Å²) in [6, 6.07) is 2.57. The van der Waals surface area contributed by atoms with Gasteiger partial charge in [-0.05, 0) is 35.5 Å². The Kier molecular flexibility index (Phi) is 4.94. The zero-order valence-electron chi connectivity index (χ0n) is 7.84. The summed E-state index contributed by atoms with van der Waals surface area (Å²) in [5, 5.41) is 5.33. The second-order valence-electron chi connectivity index (χ2n) is 2.88. The van der Waals surface area contributed by atoms with Crippen LogP contribution in [0.15, 0.2) is 15.9 Å². The lowest BCUT2D eigenvalue weighted by Crippen LogP contribution is -2.31. The fraction of sp³-hybridized carbons (Fsp3) is 0.556. The average molecular weight is 264 g/mol. The predicted octanol–water partition coefficient (Wildman–Crippen LogP) is 2.29. The van der Waals surface area contributed by atoms with Crippen LogP contribution in [-0.2, 0) is 11.2 Å². The molecule has 1 atom stereocenters. The van der Waals surface area contributed by atoms with Crippen LogP contribution in [0.4, 0.5) is 0 Å². The van der Waals surface area contributed by atoms with E-state index in [4.69, 9.17) is 4.74 Å². The number of rotatable bonds is 5. The molecule has 1 N–H and O–H groups in total. The van der Waals surface area contributed by atoms with E-state index in [2.05, 4.69) is 32.7 Å². The van der Waals surface area contributed by atoms with Crippen LogP contribution in [0.3, 0.4) is 0 Å². The van der Waals surface area contributed by atoms with Crippen molar-refractivity contribution in [1.82, 2.24) is 5.32 Å². The maximum atomic E-state index is 5.10. The van der Waals surface area contributed by atoms with E-state index < -0.39 is 0 Å². The van der Waals surface area contributed by atoms with E-state index in [1.807, 2.05) is 7.05 Å². The molecule has 0 saturated carbocycles. The van der Waals surface area contributed by atoms with Gasteiger partial charge in [0, 0.05) is 27.9 Å². The lowest BCUT2D eigenvalue weighted by molar-refractivity contribution is 0.169. The molecule has 0 radical (unpaired) electrons. The topological polar surface area (TPSA) is 21.3 Å². The molecule has 1 heterocycles. The maximum Gasteiger partial charge on any atom is 0.0619 e. The van der Waals surface area contributed by atoms with Gasteiger partial charge in [0.1, 0.15) is 0 Å². The number of ether oxygens (including phenoxy) is 1. The smallest absolute Gasteiger partial charge is 0.0619 e. The molecule has 0 bridgehead atoms. The summed E-state index contributed by atoms with van der Waals surface area (Å²) in [5.74, 6) is 0. The first kappa shape index (κ1) is 11.2. The highest BCUT2D eigenvalue weighted by Gasteiger charge is 2.07. The van der Waals surface area contributed by atoms with Crippen LogP contribution < -0.4 is 5.32 Å². The largest absolute Gasteiger partial charge is 0.383 e. The molecule has 2 nitrogen and oxygen atoms in total. The molecule has 74 valence electrons. The van der Waals surface area contributed by atoms with E-state index in [1.54, 1.807) is 18.4 Å². The quantitative estimate of drug-likeness (QED) is 0.881. The third kappa shape index (κ3) is 3.77. The summed E-state index contributed by atoms with van der Waals surface area (Å²) in [6.45, 7) is 0.756. The van der Waals surface area contributed by atoms with E-state index >= 15 is 0 Å². The summed E-state index contributed by atoms with van der Waals surface area (Å²) in [6.07, 6.45) is 1.03. The first-order chi connectivity index (χ1) is 6.26. The van der Waals surface area contributed by atoms with Crippen LogP contribution in [0.1, 0.15) is 4.88 Å². The number of likely N-dealkylation sites (N-methyl/N-ethyl adjacent to an activating group) is 1. The Balaban J connectivity index is 2.46. The Hall–Kier alpha value is 0.1000. The van der Waals surface area contributed by atoms with Crippen molar-refractivity contribution in [3.8, 4) is 0 Å². The summed E-state index contributed by atoms with van der Waals surface area (Å²) in [5.41, 5.74) is 0. The molecular weight excluding hydrogens is 250 g/mol. The fourth-order valence-electron chi connectivity index (χ4n) is 1.15. The molecule has 13 heavy (non-hydrogen) atoms. The molecule has 0 aromatic carbocycles. The standard InChI is InChI=1S/C9H14BrNOS/c1-11-8(5-12-2)4-9-3-7(10)6-13-9/h3,6,8,11H,4-5H2,1-2H3. The molecule has 1 rings (SSSR count). The minimum atomic E-state index is 0.413. The molecule has 0 aliphatic heterocycles. The SMILES string of the molecule is CNC(COC)Cc1cc(Br)cs1. The van der Waals surface area contributed by atoms with Gasteiger partial charge in [-0.25, -0.2) is 0 Å². The van der Waals surface area contributed by atoms with E-state index in [0.29, 0.717) is 6.04 Å². The minimum absolute atomic E-state index is 0.413. The molecule has 0 aliphatic carbocycles. The second kappa shape index (κ2) is 5.75. The van der Waals surface area contributed by atoms with Crippen LogP contribution in [0.5, 0.6) is 0 Å². The van der Waals surface area contributed by atoms with Crippen molar-refractivity contribution in [1.29, 1.82) is 0 Å². The zero-order chi connectivity index (χ0) is 9.68. The average Bonchev–Trinajstić information content (AvgIpc) is 2.50. The molecular formula is C9H14BrNOS. The first-order valence-corrected chi connectivity index (χ1v) is 5.82. The molecule has 0 amide bonds. The third-order valence-corrected chi connectivity index (χ3v) is 3.57. The van der Waals surface area contributed by atoms with E-state index in [0.717, 1.165) is 13.0 Å². The third-order valence-electron chi connectivity index (χ3n) is 1.85. The van der Waals surface area contributed by atoms with Crippen LogP contribution in [-0.4, -0.2) is 26.8 Å². The molecule has 0 fully saturated rings. The molecule has 4 heteroatoms. The molecule has 0 aliphatic rings. The van der Waals surface area contributed by atoms with Crippen molar-refractivity contribution in [3.63, 3.8) is 0 Å². The lowest BCUT2D eigenvalue weighted by Gasteiger charge is -2.13. The minimum Gasteiger partial charge on any atom is -0.383 e. The van der Waals surface area contributed by atoms with Gasteiger partial charge in [-0.15, -0.1) is 11.3 Å². The van der Waals surface area contributed by atoms with E-state index in [-0.39, 0.29) is 0 Å². The van der Waals surface area contributed by atoms with Crippen LogP contribution in [0.25, 0.3) is 0 Å². The number of halogens is 1. The van der Waals surface area contributed by atoms with Crippen molar-refractivity contribution in [2.24, 2.45) is 0 Å². The molecule has 1 aromatic heterocycles. The maximum absolute atomic E-state index is 5.10. The van der Waals surface area contributed by atoms with Crippen molar-refractivity contribution in [2.45, 2.75) is 12.5 Å². The van der Waals surface area contributed by atoms with Gasteiger partial charge in [0.15, 0.2) is 0 Å². The highest BCUT2D eigenvalue weighted by Crippen LogP contribution is 2.20. The van der Waals surface area contributed by atoms with Crippen molar-refractivity contribution in [3.05, 3.63) is 20.8 Å². The highest BCUT2D eigenvalue weighted by molar-refractivity contribution is 9.10. The summed E-state index contributed by atoms with van der Waals surface area (Å²) < 4.78 is 6.27. The van der Waals surface area contributed by atoms with Crippen molar-refractivity contribution in [2.75, 3.05) is 20.8 Å². The van der Waals surface area contributed by atoms with Gasteiger partial charge in [0.05, 0.1) is 6.61 Å². The Labute approximate surface area is 91.4 Å². The Morgan fingerprint density at radius 2 is 2.46 bits per heavy atom. The predicted molar refractivity (Wildman–Crippen MR) is 60.4 cm³/mol. The van der Waals surface area contributed by atoms with Crippen molar-refractivity contribution >= 4 is 27.3 Å². The van der Waals surface area contributed by atoms with E-state index in [1.165, 1.54) is 9.35 Å². The first-order valence-electron chi connectivity index (χ1n) is 4.15. The van der Waals surface area contributed by atoms with Crippen LogP contribution >= 0.6 is 27.3 Å². The molecule has 1 unspecified atom stereocenters. The number of methoxy groups -OCH3 is 1. The number of hydrogen-bond donors (Lipinski definition) is 1. The normalized spacial score (nSPS) is 13.2. The van der Waals surface area contributed by atoms with Crippen molar-refractivity contribution < 1.29 is 4.74 Å². The van der Waals surface area contributed by atoms with Gasteiger partial charge in [-0.3, -0.25) is 0 Å². The van der Waals surface area contributed by atoms with Gasteiger partial charge in [0.2, 0.25) is 0 Å². The monoisotopic (exact) mass is 263 g/mol. The van der Waals surface area contributed by atoms with Crippen LogP contribution in [0.2, 0.25) is 0 Å².